The van der Waals surface area contributed by atoms with Gasteiger partial charge in [-0.15, -0.1) is 0 Å². The molecule has 0 aromatic heterocycles. The second-order valence-electron chi connectivity index (χ2n) is 2.06. The van der Waals surface area contributed by atoms with Gasteiger partial charge in [0.05, 0.1) is 5.57 Å². The number of amides is 1. The predicted octanol–water partition coefficient (Wildman–Crippen LogP) is 0.133. The van der Waals surface area contributed by atoms with Crippen molar-refractivity contribution in [2.75, 3.05) is 13.6 Å². The zero-order chi connectivity index (χ0) is 7.40. The van der Waals surface area contributed by atoms with E-state index in [-0.39, 0.29) is 5.91 Å². The first kappa shape index (κ1) is 6.99. The fraction of sp³-hybridized carbons (Fsp3) is 0.429. The zero-order valence-corrected chi connectivity index (χ0v) is 5.92. The maximum atomic E-state index is 10.9. The van der Waals surface area contributed by atoms with Crippen LogP contribution >= 0.6 is 0 Å². The van der Waals surface area contributed by atoms with E-state index in [1.54, 1.807) is 13.3 Å². The van der Waals surface area contributed by atoms with Crippen LogP contribution in [0.5, 0.6) is 0 Å². The highest BCUT2D eigenvalue weighted by molar-refractivity contribution is 6.12. The summed E-state index contributed by atoms with van der Waals surface area (Å²) < 4.78 is 0. The smallest absolute Gasteiger partial charge is 0.252 e. The lowest BCUT2D eigenvalue weighted by atomic mass is 10.2. The van der Waals surface area contributed by atoms with Crippen LogP contribution < -0.4 is 5.32 Å². The molecule has 0 saturated carbocycles. The first-order valence-corrected chi connectivity index (χ1v) is 3.26. The van der Waals surface area contributed by atoms with E-state index in [0.717, 1.165) is 13.0 Å². The molecule has 0 unspecified atom stereocenters. The summed E-state index contributed by atoms with van der Waals surface area (Å²) in [6.07, 6.45) is 4.38. The molecular formula is C7H10N2O. The summed E-state index contributed by atoms with van der Waals surface area (Å²) in [5.74, 6) is -0.0524. The van der Waals surface area contributed by atoms with Crippen LogP contribution in [0.15, 0.2) is 16.6 Å². The van der Waals surface area contributed by atoms with Crippen LogP contribution in [-0.2, 0) is 4.79 Å². The van der Waals surface area contributed by atoms with E-state index in [4.69, 9.17) is 0 Å². The van der Waals surface area contributed by atoms with Gasteiger partial charge in [0, 0.05) is 19.8 Å². The van der Waals surface area contributed by atoms with E-state index in [2.05, 4.69) is 10.3 Å². The summed E-state index contributed by atoms with van der Waals surface area (Å²) in [5.41, 5.74) is 0.675. The van der Waals surface area contributed by atoms with Gasteiger partial charge in [-0.2, -0.15) is 0 Å². The Hall–Kier alpha value is -1.12. The minimum absolute atomic E-state index is 0.0524. The van der Waals surface area contributed by atoms with Gasteiger partial charge in [-0.05, 0) is 6.42 Å². The third kappa shape index (κ3) is 1.43. The third-order valence-electron chi connectivity index (χ3n) is 1.34. The predicted molar refractivity (Wildman–Crippen MR) is 40.1 cm³/mol. The van der Waals surface area contributed by atoms with Gasteiger partial charge in [0.25, 0.3) is 5.91 Å². The van der Waals surface area contributed by atoms with Crippen LogP contribution in [0, 0.1) is 0 Å². The average molecular weight is 138 g/mol. The lowest BCUT2D eigenvalue weighted by Crippen LogP contribution is -2.21. The molecule has 10 heavy (non-hydrogen) atoms. The molecule has 1 N–H and O–H groups in total. The first-order valence-electron chi connectivity index (χ1n) is 3.26. The summed E-state index contributed by atoms with van der Waals surface area (Å²) in [5, 5.41) is 2.54. The monoisotopic (exact) mass is 138 g/mol. The molecule has 0 radical (unpaired) electrons. The normalized spacial score (nSPS) is 16.3. The Morgan fingerprint density at radius 1 is 1.80 bits per heavy atom. The fourth-order valence-electron chi connectivity index (χ4n) is 0.806. The van der Waals surface area contributed by atoms with Gasteiger partial charge in [-0.25, -0.2) is 0 Å². The highest BCUT2D eigenvalue weighted by atomic mass is 16.1. The molecule has 3 heteroatoms. The number of likely N-dealkylation sites (N-methyl/N-ethyl adjacent to an activating group) is 1. The number of hydrogen-bond donors (Lipinski definition) is 1. The van der Waals surface area contributed by atoms with Crippen molar-refractivity contribution in [2.45, 2.75) is 6.42 Å². The van der Waals surface area contributed by atoms with E-state index < -0.39 is 0 Å². The molecule has 0 spiro atoms. The standard InChI is InChI=1S/C7H10N2O/c1-8-7(10)6-3-2-4-9-5-6/h3,5H,2,4H2,1H3,(H,8,10). The molecule has 0 aromatic rings. The molecule has 1 aliphatic rings. The summed E-state index contributed by atoms with van der Waals surface area (Å²) >= 11 is 0. The number of aliphatic imine (C=N–C) groups is 1. The van der Waals surface area contributed by atoms with E-state index in [9.17, 15) is 4.79 Å². The second kappa shape index (κ2) is 3.15. The van der Waals surface area contributed by atoms with Gasteiger partial charge in [0.15, 0.2) is 0 Å². The molecule has 1 heterocycles. The maximum absolute atomic E-state index is 10.9. The van der Waals surface area contributed by atoms with Gasteiger partial charge in [-0.1, -0.05) is 6.08 Å². The van der Waals surface area contributed by atoms with Crippen LogP contribution in [0.4, 0.5) is 0 Å². The molecule has 0 aromatic carbocycles. The largest absolute Gasteiger partial charge is 0.355 e. The maximum Gasteiger partial charge on any atom is 0.252 e. The zero-order valence-electron chi connectivity index (χ0n) is 5.92. The van der Waals surface area contributed by atoms with Crippen molar-refractivity contribution in [1.29, 1.82) is 0 Å². The van der Waals surface area contributed by atoms with Crippen LogP contribution in [-0.4, -0.2) is 25.7 Å². The lowest BCUT2D eigenvalue weighted by Gasteiger charge is -2.03. The topological polar surface area (TPSA) is 41.5 Å². The first-order chi connectivity index (χ1) is 4.84. The van der Waals surface area contributed by atoms with Gasteiger partial charge >= 0.3 is 0 Å². The van der Waals surface area contributed by atoms with Crippen molar-refractivity contribution in [1.82, 2.24) is 5.32 Å². The quantitative estimate of drug-likeness (QED) is 0.550. The van der Waals surface area contributed by atoms with Gasteiger partial charge in [0.1, 0.15) is 0 Å². The summed E-state index contributed by atoms with van der Waals surface area (Å²) in [6.45, 7) is 0.806. The summed E-state index contributed by atoms with van der Waals surface area (Å²) in [7, 11) is 1.62. The van der Waals surface area contributed by atoms with Crippen molar-refractivity contribution in [3.05, 3.63) is 11.6 Å². The highest BCUT2D eigenvalue weighted by Gasteiger charge is 2.05. The molecular weight excluding hydrogens is 128 g/mol. The highest BCUT2D eigenvalue weighted by Crippen LogP contribution is 1.99. The minimum atomic E-state index is -0.0524. The summed E-state index contributed by atoms with van der Waals surface area (Å²) in [4.78, 5) is 14.9. The molecule has 1 aliphatic heterocycles. The third-order valence-corrected chi connectivity index (χ3v) is 1.34. The lowest BCUT2D eigenvalue weighted by molar-refractivity contribution is -0.116. The van der Waals surface area contributed by atoms with Crippen molar-refractivity contribution >= 4 is 12.1 Å². The minimum Gasteiger partial charge on any atom is -0.355 e. The van der Waals surface area contributed by atoms with Gasteiger partial charge in [-0.3, -0.25) is 9.79 Å². The summed E-state index contributed by atoms with van der Waals surface area (Å²) in [6, 6.07) is 0. The molecule has 0 saturated heterocycles. The molecule has 0 atom stereocenters. The van der Waals surface area contributed by atoms with E-state index >= 15 is 0 Å². The van der Waals surface area contributed by atoms with Crippen molar-refractivity contribution in [3.8, 4) is 0 Å². The molecule has 1 amide bonds. The number of nitrogens with zero attached hydrogens (tertiary/aromatic N) is 1. The van der Waals surface area contributed by atoms with Crippen LogP contribution in [0.25, 0.3) is 0 Å². The Balaban J connectivity index is 2.63. The van der Waals surface area contributed by atoms with Crippen LogP contribution in [0.1, 0.15) is 6.42 Å². The van der Waals surface area contributed by atoms with Crippen LogP contribution in [0.3, 0.4) is 0 Å². The number of rotatable bonds is 1. The molecule has 1 rings (SSSR count). The van der Waals surface area contributed by atoms with Gasteiger partial charge in [0.2, 0.25) is 0 Å². The Morgan fingerprint density at radius 3 is 3.10 bits per heavy atom. The number of dihydropyridines is 1. The van der Waals surface area contributed by atoms with E-state index in [1.807, 2.05) is 6.08 Å². The molecule has 0 bridgehead atoms. The molecule has 0 fully saturated rings. The van der Waals surface area contributed by atoms with Crippen molar-refractivity contribution in [3.63, 3.8) is 0 Å². The molecule has 3 nitrogen and oxygen atoms in total. The van der Waals surface area contributed by atoms with E-state index in [0.29, 0.717) is 5.57 Å². The second-order valence-corrected chi connectivity index (χ2v) is 2.06. The Morgan fingerprint density at radius 2 is 2.60 bits per heavy atom. The van der Waals surface area contributed by atoms with Gasteiger partial charge < -0.3 is 5.32 Å². The Labute approximate surface area is 59.8 Å². The fourth-order valence-corrected chi connectivity index (χ4v) is 0.806. The average Bonchev–Trinajstić information content (AvgIpc) is 2.05. The number of carbonyl (C=O) groups excluding carboxylic acids is 1. The van der Waals surface area contributed by atoms with Crippen molar-refractivity contribution < 1.29 is 4.79 Å². The van der Waals surface area contributed by atoms with E-state index in [1.165, 1.54) is 0 Å². The van der Waals surface area contributed by atoms with Crippen LogP contribution in [0.2, 0.25) is 0 Å². The number of carbonyl (C=O) groups is 1. The SMILES string of the molecule is CNC(=O)C1=CCCN=C1. The van der Waals surface area contributed by atoms with Crippen molar-refractivity contribution in [2.24, 2.45) is 4.99 Å². The Kier molecular flexibility index (Phi) is 2.20. The Bertz CT molecular complexity index is 194. The number of hydrogen-bond acceptors (Lipinski definition) is 2. The number of nitrogens with one attached hydrogen (secondary N) is 1. The molecule has 54 valence electrons. The molecule has 0 aliphatic carbocycles.